The van der Waals surface area contributed by atoms with Crippen molar-refractivity contribution in [2.45, 2.75) is 26.2 Å². The van der Waals surface area contributed by atoms with E-state index in [0.29, 0.717) is 17.8 Å². The molecule has 0 amide bonds. The van der Waals surface area contributed by atoms with Gasteiger partial charge in [0, 0.05) is 12.0 Å². The molecule has 1 aromatic heterocycles. The van der Waals surface area contributed by atoms with Crippen molar-refractivity contribution in [1.82, 2.24) is 9.97 Å². The average molecular weight is 266 g/mol. The van der Waals surface area contributed by atoms with E-state index in [1.54, 1.807) is 6.92 Å². The summed E-state index contributed by atoms with van der Waals surface area (Å²) in [5.74, 6) is -2.43. The summed E-state index contributed by atoms with van der Waals surface area (Å²) >= 11 is 5.85. The third-order valence-corrected chi connectivity index (χ3v) is 2.56. The molecule has 4 nitrogen and oxygen atoms in total. The highest BCUT2D eigenvalue weighted by molar-refractivity contribution is 6.30. The van der Waals surface area contributed by atoms with Crippen LogP contribution in [0.1, 0.15) is 18.3 Å². The number of nitrogens with one attached hydrogen (secondary N) is 1. The number of nitrogens with zero attached hydrogens (tertiary/aromatic N) is 2. The Morgan fingerprint density at radius 2 is 2.06 bits per heavy atom. The maximum Gasteiger partial charge on any atom is 0.287 e. The van der Waals surface area contributed by atoms with Crippen LogP contribution in [0.5, 0.6) is 0 Å². The van der Waals surface area contributed by atoms with Crippen LogP contribution in [0.25, 0.3) is 0 Å². The van der Waals surface area contributed by atoms with Gasteiger partial charge in [0.05, 0.1) is 6.54 Å². The average Bonchev–Trinajstić information content (AvgIpc) is 2.31. The minimum absolute atomic E-state index is 0.242. The van der Waals surface area contributed by atoms with E-state index < -0.39 is 19.1 Å². The van der Waals surface area contributed by atoms with Crippen LogP contribution in [0.3, 0.4) is 0 Å². The molecule has 0 saturated heterocycles. The van der Waals surface area contributed by atoms with Crippen LogP contribution >= 0.6 is 11.6 Å². The van der Waals surface area contributed by atoms with Crippen LogP contribution in [-0.2, 0) is 6.42 Å². The fraction of sp³-hybridized carbons (Fsp3) is 0.600. The van der Waals surface area contributed by atoms with Crippen molar-refractivity contribution in [3.8, 4) is 0 Å². The molecule has 0 fully saturated rings. The molecule has 7 heteroatoms. The summed E-state index contributed by atoms with van der Waals surface area (Å²) < 4.78 is 25.7. The standard InChI is InChI=1S/C10H14ClF2N3O/c1-3-7-15-8(11)6(2)9(16-7)14-4-10(12,13)5-17/h17H,3-5H2,1-2H3,(H,14,15,16). The van der Waals surface area contributed by atoms with Crippen molar-refractivity contribution >= 4 is 17.4 Å². The number of hydrogen-bond acceptors (Lipinski definition) is 4. The molecule has 1 aromatic rings. The molecule has 0 unspecified atom stereocenters. The van der Waals surface area contributed by atoms with Crippen LogP contribution in [0.4, 0.5) is 14.6 Å². The fourth-order valence-corrected chi connectivity index (χ4v) is 1.32. The number of halogens is 3. The van der Waals surface area contributed by atoms with Gasteiger partial charge in [-0.05, 0) is 6.92 Å². The Labute approximate surface area is 103 Å². The lowest BCUT2D eigenvalue weighted by Crippen LogP contribution is -2.31. The highest BCUT2D eigenvalue weighted by atomic mass is 35.5. The van der Waals surface area contributed by atoms with E-state index in [9.17, 15) is 8.78 Å². The molecule has 0 aliphatic carbocycles. The zero-order valence-corrected chi connectivity index (χ0v) is 10.4. The molecule has 1 rings (SSSR count). The minimum atomic E-state index is -3.18. The number of aliphatic hydroxyl groups excluding tert-OH is 1. The Balaban J connectivity index is 2.87. The van der Waals surface area contributed by atoms with Gasteiger partial charge in [0.2, 0.25) is 0 Å². The topological polar surface area (TPSA) is 58.0 Å². The van der Waals surface area contributed by atoms with Gasteiger partial charge in [-0.3, -0.25) is 0 Å². The lowest BCUT2D eigenvalue weighted by Gasteiger charge is -2.16. The monoisotopic (exact) mass is 265 g/mol. The molecule has 2 N–H and O–H groups in total. The third-order valence-electron chi connectivity index (χ3n) is 2.19. The molecule has 0 aliphatic heterocycles. The van der Waals surface area contributed by atoms with Gasteiger partial charge in [-0.25, -0.2) is 18.7 Å². The van der Waals surface area contributed by atoms with E-state index in [1.807, 2.05) is 6.92 Å². The van der Waals surface area contributed by atoms with Crippen LogP contribution in [0.15, 0.2) is 0 Å². The molecule has 0 spiro atoms. The van der Waals surface area contributed by atoms with Crippen LogP contribution in [-0.4, -0.2) is 34.1 Å². The first-order valence-electron chi connectivity index (χ1n) is 5.15. The second kappa shape index (κ2) is 5.55. The SMILES string of the molecule is CCc1nc(Cl)c(C)c(NCC(F)(F)CO)n1. The molecule has 0 aromatic carbocycles. The lowest BCUT2D eigenvalue weighted by molar-refractivity contribution is -0.0373. The number of aliphatic hydroxyl groups is 1. The summed E-state index contributed by atoms with van der Waals surface area (Å²) in [5.41, 5.74) is 0.512. The van der Waals surface area contributed by atoms with Crippen molar-refractivity contribution in [3.05, 3.63) is 16.5 Å². The van der Waals surface area contributed by atoms with Gasteiger partial charge in [-0.2, -0.15) is 0 Å². The molecule has 0 atom stereocenters. The molecule has 96 valence electrons. The molecular weight excluding hydrogens is 252 g/mol. The van der Waals surface area contributed by atoms with Crippen molar-refractivity contribution in [2.24, 2.45) is 0 Å². The molecule has 0 aliphatic rings. The summed E-state index contributed by atoms with van der Waals surface area (Å²) in [6.07, 6.45) is 0.561. The summed E-state index contributed by atoms with van der Waals surface area (Å²) in [4.78, 5) is 8.06. The maximum atomic E-state index is 12.9. The van der Waals surface area contributed by atoms with Gasteiger partial charge in [-0.15, -0.1) is 0 Å². The molecule has 0 radical (unpaired) electrons. The van der Waals surface area contributed by atoms with E-state index in [4.69, 9.17) is 16.7 Å². The van der Waals surface area contributed by atoms with E-state index in [1.165, 1.54) is 0 Å². The van der Waals surface area contributed by atoms with Gasteiger partial charge in [-0.1, -0.05) is 18.5 Å². The van der Waals surface area contributed by atoms with Crippen LogP contribution < -0.4 is 5.32 Å². The first-order valence-corrected chi connectivity index (χ1v) is 5.53. The second-order valence-corrected chi connectivity index (χ2v) is 3.98. The Morgan fingerprint density at radius 3 is 2.59 bits per heavy atom. The molecule has 17 heavy (non-hydrogen) atoms. The third kappa shape index (κ3) is 3.74. The number of aryl methyl sites for hydroxylation is 1. The van der Waals surface area contributed by atoms with Crippen molar-refractivity contribution in [2.75, 3.05) is 18.5 Å². The van der Waals surface area contributed by atoms with Gasteiger partial charge in [0.15, 0.2) is 0 Å². The highest BCUT2D eigenvalue weighted by Crippen LogP contribution is 2.21. The highest BCUT2D eigenvalue weighted by Gasteiger charge is 2.27. The Bertz CT molecular complexity index is 401. The van der Waals surface area contributed by atoms with E-state index in [2.05, 4.69) is 15.3 Å². The van der Waals surface area contributed by atoms with Gasteiger partial charge in [0.1, 0.15) is 23.4 Å². The van der Waals surface area contributed by atoms with E-state index in [0.717, 1.165) is 0 Å². The van der Waals surface area contributed by atoms with Gasteiger partial charge >= 0.3 is 0 Å². The van der Waals surface area contributed by atoms with Crippen LogP contribution in [0, 0.1) is 6.92 Å². The number of aromatic nitrogens is 2. The normalized spacial score (nSPS) is 11.6. The quantitative estimate of drug-likeness (QED) is 0.800. The molecule has 1 heterocycles. The number of anilines is 1. The van der Waals surface area contributed by atoms with E-state index >= 15 is 0 Å². The summed E-state index contributed by atoms with van der Waals surface area (Å²) in [6, 6.07) is 0. The van der Waals surface area contributed by atoms with E-state index in [-0.39, 0.29) is 11.0 Å². The Kier molecular flexibility index (Phi) is 4.59. The molecular formula is C10H14ClF2N3O. The minimum Gasteiger partial charge on any atom is -0.390 e. The predicted molar refractivity (Wildman–Crippen MR) is 61.7 cm³/mol. The van der Waals surface area contributed by atoms with Gasteiger partial charge in [0.25, 0.3) is 5.92 Å². The van der Waals surface area contributed by atoms with Crippen molar-refractivity contribution in [3.63, 3.8) is 0 Å². The lowest BCUT2D eigenvalue weighted by atomic mass is 10.3. The number of rotatable bonds is 5. The fourth-order valence-electron chi connectivity index (χ4n) is 1.13. The van der Waals surface area contributed by atoms with Gasteiger partial charge < -0.3 is 10.4 Å². The largest absolute Gasteiger partial charge is 0.390 e. The predicted octanol–water partition coefficient (Wildman–Crippen LogP) is 2.04. The molecule has 0 saturated carbocycles. The maximum absolute atomic E-state index is 12.9. The Morgan fingerprint density at radius 1 is 1.41 bits per heavy atom. The zero-order valence-electron chi connectivity index (χ0n) is 9.60. The summed E-state index contributed by atoms with van der Waals surface area (Å²) in [5, 5.41) is 11.2. The zero-order chi connectivity index (χ0) is 13.1. The Hall–Kier alpha value is -1.01. The first kappa shape index (κ1) is 14.1. The number of alkyl halides is 2. The van der Waals surface area contributed by atoms with Crippen LogP contribution in [0.2, 0.25) is 5.15 Å². The van der Waals surface area contributed by atoms with Crippen molar-refractivity contribution in [1.29, 1.82) is 0 Å². The molecule has 0 bridgehead atoms. The summed E-state index contributed by atoms with van der Waals surface area (Å²) in [7, 11) is 0. The van der Waals surface area contributed by atoms with Crippen molar-refractivity contribution < 1.29 is 13.9 Å². The summed E-state index contributed by atoms with van der Waals surface area (Å²) in [6.45, 7) is 1.58. The second-order valence-electron chi connectivity index (χ2n) is 3.63. The number of hydrogen-bond donors (Lipinski definition) is 2. The smallest absolute Gasteiger partial charge is 0.287 e. The first-order chi connectivity index (χ1) is 7.89.